The maximum absolute atomic E-state index is 12.8. The van der Waals surface area contributed by atoms with Crippen molar-refractivity contribution in [1.29, 1.82) is 0 Å². The lowest BCUT2D eigenvalue weighted by Crippen LogP contribution is -2.30. The fourth-order valence-electron chi connectivity index (χ4n) is 3.81. The van der Waals surface area contributed by atoms with Gasteiger partial charge in [-0.25, -0.2) is 9.97 Å². The monoisotopic (exact) mass is 395 g/mol. The summed E-state index contributed by atoms with van der Waals surface area (Å²) in [5.41, 5.74) is 1.87. The summed E-state index contributed by atoms with van der Waals surface area (Å²) in [5.74, 6) is 1.36. The molecule has 0 bridgehead atoms. The van der Waals surface area contributed by atoms with E-state index in [0.717, 1.165) is 38.7 Å². The highest BCUT2D eigenvalue weighted by atomic mass is 32.1. The molecule has 3 aromatic rings. The van der Waals surface area contributed by atoms with Crippen molar-refractivity contribution in [3.8, 4) is 0 Å². The van der Waals surface area contributed by atoms with Gasteiger partial charge in [-0.15, -0.1) is 11.3 Å². The summed E-state index contributed by atoms with van der Waals surface area (Å²) in [7, 11) is 0. The number of amides is 1. The number of rotatable bonds is 6. The van der Waals surface area contributed by atoms with Crippen LogP contribution in [0.2, 0.25) is 0 Å². The maximum atomic E-state index is 12.8. The Morgan fingerprint density at radius 3 is 2.82 bits per heavy atom. The van der Waals surface area contributed by atoms with Crippen LogP contribution in [0.5, 0.6) is 0 Å². The Hall–Kier alpha value is -2.54. The predicted octanol–water partition coefficient (Wildman–Crippen LogP) is 4.32. The fourth-order valence-corrected chi connectivity index (χ4v) is 4.87. The topological polar surface area (TPSA) is 79.8 Å². The summed E-state index contributed by atoms with van der Waals surface area (Å²) in [6, 6.07) is 5.83. The predicted molar refractivity (Wildman–Crippen MR) is 113 cm³/mol. The minimum atomic E-state index is 0.00162. The Bertz CT molecular complexity index is 950. The van der Waals surface area contributed by atoms with Gasteiger partial charge in [0.05, 0.1) is 22.5 Å². The number of pyridine rings is 1. The maximum Gasteiger partial charge on any atom is 0.261 e. The van der Waals surface area contributed by atoms with E-state index in [0.29, 0.717) is 12.5 Å². The van der Waals surface area contributed by atoms with Crippen LogP contribution >= 0.6 is 11.3 Å². The summed E-state index contributed by atoms with van der Waals surface area (Å²) >= 11 is 1.44. The normalized spacial score (nSPS) is 14.9. The third-order valence-corrected chi connectivity index (χ3v) is 6.57. The zero-order valence-corrected chi connectivity index (χ0v) is 16.9. The van der Waals surface area contributed by atoms with Crippen LogP contribution in [0.1, 0.15) is 53.0 Å². The number of aryl methyl sites for hydroxylation is 1. The number of hydrogen-bond acceptors (Lipinski definition) is 6. The molecule has 3 aromatic heterocycles. The molecule has 6 nitrogen and oxygen atoms in total. The fraction of sp³-hybridized carbons (Fsp3) is 0.429. The van der Waals surface area contributed by atoms with Gasteiger partial charge in [0, 0.05) is 12.7 Å². The highest BCUT2D eigenvalue weighted by Gasteiger charge is 2.21. The van der Waals surface area contributed by atoms with E-state index in [9.17, 15) is 4.79 Å². The molecule has 1 aliphatic carbocycles. The molecule has 4 rings (SSSR count). The molecule has 0 saturated heterocycles. The second-order valence-electron chi connectivity index (χ2n) is 7.35. The molecular weight excluding hydrogens is 370 g/mol. The molecule has 3 heterocycles. The van der Waals surface area contributed by atoms with Crippen molar-refractivity contribution in [3.63, 3.8) is 0 Å². The third kappa shape index (κ3) is 4.14. The number of carbonyl (C=O) groups excluding carboxylic acids is 1. The van der Waals surface area contributed by atoms with Crippen molar-refractivity contribution < 1.29 is 4.79 Å². The first-order valence-corrected chi connectivity index (χ1v) is 10.7. The van der Waals surface area contributed by atoms with E-state index in [1.165, 1.54) is 43.4 Å². The van der Waals surface area contributed by atoms with Gasteiger partial charge in [-0.3, -0.25) is 9.78 Å². The van der Waals surface area contributed by atoms with E-state index in [1.54, 1.807) is 12.5 Å². The molecule has 0 spiro atoms. The highest BCUT2D eigenvalue weighted by Crippen LogP contribution is 2.33. The number of anilines is 1. The van der Waals surface area contributed by atoms with E-state index < -0.39 is 0 Å². The van der Waals surface area contributed by atoms with E-state index in [-0.39, 0.29) is 5.91 Å². The molecule has 0 aliphatic heterocycles. The quantitative estimate of drug-likeness (QED) is 0.650. The van der Waals surface area contributed by atoms with Gasteiger partial charge in [-0.2, -0.15) is 0 Å². The van der Waals surface area contributed by atoms with Gasteiger partial charge in [0.25, 0.3) is 5.91 Å². The lowest BCUT2D eigenvalue weighted by molar-refractivity contribution is 0.0947. The van der Waals surface area contributed by atoms with Crippen LogP contribution in [0.25, 0.3) is 10.2 Å². The Morgan fingerprint density at radius 1 is 1.18 bits per heavy atom. The van der Waals surface area contributed by atoms with E-state index in [2.05, 4.69) is 25.6 Å². The lowest BCUT2D eigenvalue weighted by Gasteiger charge is -2.21. The van der Waals surface area contributed by atoms with Crippen LogP contribution in [-0.4, -0.2) is 27.4 Å². The number of aromatic nitrogens is 3. The van der Waals surface area contributed by atoms with Crippen molar-refractivity contribution in [2.45, 2.75) is 45.6 Å². The minimum Gasteiger partial charge on any atom is -0.364 e. The summed E-state index contributed by atoms with van der Waals surface area (Å²) in [4.78, 5) is 27.5. The van der Waals surface area contributed by atoms with Gasteiger partial charge in [-0.1, -0.05) is 25.3 Å². The van der Waals surface area contributed by atoms with E-state index in [1.807, 2.05) is 25.1 Å². The Labute approximate surface area is 168 Å². The number of fused-ring (bicyclic) bond motifs is 1. The zero-order valence-electron chi connectivity index (χ0n) is 16.1. The third-order valence-electron chi connectivity index (χ3n) is 5.37. The van der Waals surface area contributed by atoms with Gasteiger partial charge in [0.1, 0.15) is 17.0 Å². The van der Waals surface area contributed by atoms with E-state index in [4.69, 9.17) is 0 Å². The van der Waals surface area contributed by atoms with Gasteiger partial charge >= 0.3 is 0 Å². The molecule has 1 saturated carbocycles. The van der Waals surface area contributed by atoms with Crippen LogP contribution in [0.4, 0.5) is 5.82 Å². The Kier molecular flexibility index (Phi) is 5.81. The first-order valence-electron chi connectivity index (χ1n) is 9.88. The average molecular weight is 396 g/mol. The Balaban J connectivity index is 1.50. The molecule has 0 unspecified atom stereocenters. The molecule has 28 heavy (non-hydrogen) atoms. The van der Waals surface area contributed by atoms with Gasteiger partial charge in [0.15, 0.2) is 0 Å². The van der Waals surface area contributed by atoms with Crippen LogP contribution in [0.3, 0.4) is 0 Å². The zero-order chi connectivity index (χ0) is 19.3. The van der Waals surface area contributed by atoms with Gasteiger partial charge < -0.3 is 10.6 Å². The SMILES string of the molecule is Cc1c(C(=O)NCC2CCCCC2)sc2ncnc(NCc3ccccn3)c12. The molecule has 0 radical (unpaired) electrons. The van der Waals surface area contributed by atoms with Gasteiger partial charge in [0.2, 0.25) is 0 Å². The molecule has 1 fully saturated rings. The summed E-state index contributed by atoms with van der Waals surface area (Å²) in [6.07, 6.45) is 9.65. The molecule has 0 aromatic carbocycles. The van der Waals surface area contributed by atoms with Crippen LogP contribution in [0, 0.1) is 12.8 Å². The van der Waals surface area contributed by atoms with Crippen LogP contribution < -0.4 is 10.6 Å². The second-order valence-corrected chi connectivity index (χ2v) is 8.35. The molecule has 0 atom stereocenters. The number of nitrogens with one attached hydrogen (secondary N) is 2. The molecule has 146 valence electrons. The first-order chi connectivity index (χ1) is 13.7. The summed E-state index contributed by atoms with van der Waals surface area (Å²) in [6.45, 7) is 3.32. The largest absolute Gasteiger partial charge is 0.364 e. The molecule has 1 aliphatic rings. The Morgan fingerprint density at radius 2 is 2.04 bits per heavy atom. The standard InChI is InChI=1S/C21H25N5OS/c1-14-17-19(23-12-16-9-5-6-10-22-16)25-13-26-21(17)28-18(14)20(27)24-11-15-7-3-2-4-8-15/h5-6,9-10,13,15H,2-4,7-8,11-12H2,1H3,(H,24,27)(H,23,25,26). The molecule has 1 amide bonds. The van der Waals surface area contributed by atoms with Crippen LogP contribution in [-0.2, 0) is 6.54 Å². The molecule has 7 heteroatoms. The van der Waals surface area contributed by atoms with Gasteiger partial charge in [-0.05, 0) is 43.4 Å². The number of nitrogens with zero attached hydrogens (tertiary/aromatic N) is 3. The number of carbonyl (C=O) groups is 1. The van der Waals surface area contributed by atoms with Crippen LogP contribution in [0.15, 0.2) is 30.7 Å². The average Bonchev–Trinajstić information content (AvgIpc) is 3.09. The minimum absolute atomic E-state index is 0.00162. The first kappa shape index (κ1) is 18.8. The smallest absolute Gasteiger partial charge is 0.261 e. The van der Waals surface area contributed by atoms with Crippen molar-refractivity contribution in [2.24, 2.45) is 5.92 Å². The number of thiophene rings is 1. The number of hydrogen-bond donors (Lipinski definition) is 2. The van der Waals surface area contributed by atoms with Crippen molar-refractivity contribution >= 4 is 33.3 Å². The summed E-state index contributed by atoms with van der Waals surface area (Å²) < 4.78 is 0. The van der Waals surface area contributed by atoms with E-state index >= 15 is 0 Å². The van der Waals surface area contributed by atoms with Crippen molar-refractivity contribution in [1.82, 2.24) is 20.3 Å². The highest BCUT2D eigenvalue weighted by molar-refractivity contribution is 7.20. The summed E-state index contributed by atoms with van der Waals surface area (Å²) in [5, 5.41) is 7.41. The van der Waals surface area contributed by atoms with Crippen molar-refractivity contribution in [3.05, 3.63) is 46.9 Å². The lowest BCUT2D eigenvalue weighted by atomic mass is 9.89. The molecular formula is C21H25N5OS. The molecule has 2 N–H and O–H groups in total. The second kappa shape index (κ2) is 8.65. The van der Waals surface area contributed by atoms with Crippen molar-refractivity contribution in [2.75, 3.05) is 11.9 Å².